The zero-order chi connectivity index (χ0) is 7.28. The topological polar surface area (TPSA) is 32.6 Å². The van der Waals surface area contributed by atoms with E-state index in [0.717, 1.165) is 0 Å². The minimum Gasteiger partial charge on any atom is -0.501 e. The first-order valence-corrected chi connectivity index (χ1v) is 3.78. The van der Waals surface area contributed by atoms with Crippen LogP contribution < -0.4 is 0 Å². The quantitative estimate of drug-likeness (QED) is 0.448. The molecule has 0 saturated carbocycles. The van der Waals surface area contributed by atoms with Crippen molar-refractivity contribution in [2.45, 2.75) is 13.8 Å². The second-order valence-electron chi connectivity index (χ2n) is 1.99. The zero-order valence-electron chi connectivity index (χ0n) is 5.50. The van der Waals surface area contributed by atoms with E-state index in [1.165, 1.54) is 6.20 Å². The molecule has 0 aromatic rings. The molecule has 0 aromatic heterocycles. The van der Waals surface area contributed by atoms with Crippen LogP contribution in [0.5, 0.6) is 0 Å². The lowest BCUT2D eigenvalue weighted by atomic mass is 10.3. The van der Waals surface area contributed by atoms with E-state index in [2.05, 4.69) is 4.99 Å². The van der Waals surface area contributed by atoms with E-state index >= 15 is 0 Å². The highest BCUT2D eigenvalue weighted by atomic mass is 127. The highest BCUT2D eigenvalue weighted by molar-refractivity contribution is 14.1. The Morgan fingerprint density at radius 1 is 1.67 bits per heavy atom. The third-order valence-corrected chi connectivity index (χ3v) is 0.844. The molecule has 0 unspecified atom stereocenters. The second-order valence-corrected chi connectivity index (χ2v) is 3.10. The van der Waals surface area contributed by atoms with Gasteiger partial charge in [-0.2, -0.15) is 0 Å². The average molecular weight is 239 g/mol. The van der Waals surface area contributed by atoms with Crippen LogP contribution in [0.1, 0.15) is 13.8 Å². The Morgan fingerprint density at radius 2 is 2.22 bits per heavy atom. The molecule has 0 amide bonds. The third kappa shape index (κ3) is 7.94. The molecule has 0 spiro atoms. The Morgan fingerprint density at radius 3 is 2.56 bits per heavy atom. The van der Waals surface area contributed by atoms with Gasteiger partial charge in [0.2, 0.25) is 0 Å². The maximum atomic E-state index is 8.60. The molecule has 0 rings (SSSR count). The number of aliphatic imine (C=N–C) groups is 1. The van der Waals surface area contributed by atoms with Gasteiger partial charge in [-0.1, -0.05) is 13.8 Å². The molecule has 1 N–H and O–H groups in total. The molecule has 0 saturated heterocycles. The van der Waals surface area contributed by atoms with Gasteiger partial charge in [0.25, 0.3) is 0 Å². The van der Waals surface area contributed by atoms with E-state index in [9.17, 15) is 0 Å². The largest absolute Gasteiger partial charge is 0.501 e. The van der Waals surface area contributed by atoms with Gasteiger partial charge in [-0.05, 0) is 5.92 Å². The van der Waals surface area contributed by atoms with Crippen molar-refractivity contribution in [3.63, 3.8) is 0 Å². The SMILES string of the molecule is CC(C)C=N/C=C(\O)I. The first kappa shape index (κ1) is 8.94. The van der Waals surface area contributed by atoms with Crippen LogP contribution in [0.15, 0.2) is 15.0 Å². The molecule has 0 aliphatic rings. The Bertz CT molecular complexity index is 125. The number of hydrogen-bond acceptors (Lipinski definition) is 2. The molecule has 0 radical (unpaired) electrons. The first-order valence-electron chi connectivity index (χ1n) is 2.71. The summed E-state index contributed by atoms with van der Waals surface area (Å²) in [5.74, 6) is 0.442. The minimum absolute atomic E-state index is 0.213. The zero-order valence-corrected chi connectivity index (χ0v) is 7.66. The standard InChI is InChI=1S/C6H10INO/c1-5(2)3-8-4-6(7)9/h3-5,9H,1-2H3/b6-4-,8-3?. The van der Waals surface area contributed by atoms with Crippen LogP contribution in [0.4, 0.5) is 0 Å². The highest BCUT2D eigenvalue weighted by Crippen LogP contribution is 1.98. The van der Waals surface area contributed by atoms with Crippen LogP contribution in [0.3, 0.4) is 0 Å². The van der Waals surface area contributed by atoms with Gasteiger partial charge in [-0.25, -0.2) is 0 Å². The second kappa shape index (κ2) is 4.78. The fourth-order valence-corrected chi connectivity index (χ4v) is 0.437. The van der Waals surface area contributed by atoms with Crippen LogP contribution in [0.25, 0.3) is 0 Å². The first-order chi connectivity index (χ1) is 4.13. The van der Waals surface area contributed by atoms with Gasteiger partial charge in [-0.15, -0.1) is 0 Å². The molecule has 0 heterocycles. The van der Waals surface area contributed by atoms with Crippen LogP contribution in [-0.2, 0) is 0 Å². The summed E-state index contributed by atoms with van der Waals surface area (Å²) >= 11 is 1.79. The molecule has 9 heavy (non-hydrogen) atoms. The third-order valence-electron chi connectivity index (χ3n) is 0.565. The van der Waals surface area contributed by atoms with Crippen molar-refractivity contribution in [2.24, 2.45) is 10.9 Å². The van der Waals surface area contributed by atoms with Crippen LogP contribution >= 0.6 is 22.6 Å². The molecule has 3 heteroatoms. The van der Waals surface area contributed by atoms with E-state index in [0.29, 0.717) is 5.92 Å². The van der Waals surface area contributed by atoms with Crippen LogP contribution in [0.2, 0.25) is 0 Å². The van der Waals surface area contributed by atoms with Crippen molar-refractivity contribution in [3.05, 3.63) is 9.97 Å². The molecular formula is C6H10INO. The fraction of sp³-hybridized carbons (Fsp3) is 0.500. The molecule has 2 nitrogen and oxygen atoms in total. The van der Waals surface area contributed by atoms with Crippen molar-refractivity contribution >= 4 is 28.8 Å². The lowest BCUT2D eigenvalue weighted by molar-refractivity contribution is 0.464. The monoisotopic (exact) mass is 239 g/mol. The van der Waals surface area contributed by atoms with E-state index in [4.69, 9.17) is 5.11 Å². The summed E-state index contributed by atoms with van der Waals surface area (Å²) in [6.07, 6.45) is 3.19. The summed E-state index contributed by atoms with van der Waals surface area (Å²) in [6, 6.07) is 0. The summed E-state index contributed by atoms with van der Waals surface area (Å²) in [6.45, 7) is 4.06. The summed E-state index contributed by atoms with van der Waals surface area (Å²) in [7, 11) is 0. The van der Waals surface area contributed by atoms with Gasteiger partial charge in [0.05, 0.1) is 6.20 Å². The smallest absolute Gasteiger partial charge is 0.171 e. The minimum atomic E-state index is 0.213. The summed E-state index contributed by atoms with van der Waals surface area (Å²) in [5, 5.41) is 8.60. The molecule has 52 valence electrons. The molecule has 0 aromatic carbocycles. The van der Waals surface area contributed by atoms with Gasteiger partial charge in [0, 0.05) is 28.8 Å². The number of hydrogen-bond donors (Lipinski definition) is 1. The van der Waals surface area contributed by atoms with E-state index in [1.807, 2.05) is 13.8 Å². The molecule has 0 fully saturated rings. The van der Waals surface area contributed by atoms with Crippen molar-refractivity contribution < 1.29 is 5.11 Å². The summed E-state index contributed by atoms with van der Waals surface area (Å²) in [5.41, 5.74) is 0. The highest BCUT2D eigenvalue weighted by Gasteiger charge is 1.82. The Kier molecular flexibility index (Phi) is 4.75. The van der Waals surface area contributed by atoms with Crippen molar-refractivity contribution in [2.75, 3.05) is 0 Å². The van der Waals surface area contributed by atoms with Gasteiger partial charge in [0.1, 0.15) is 0 Å². The number of aliphatic hydroxyl groups excluding tert-OH is 1. The Balaban J connectivity index is 3.60. The number of nitrogens with zero attached hydrogens (tertiary/aromatic N) is 1. The van der Waals surface area contributed by atoms with E-state index in [-0.39, 0.29) is 3.77 Å². The maximum Gasteiger partial charge on any atom is 0.171 e. The average Bonchev–Trinajstić information content (AvgIpc) is 1.63. The van der Waals surface area contributed by atoms with Crippen LogP contribution in [-0.4, -0.2) is 11.3 Å². The van der Waals surface area contributed by atoms with E-state index < -0.39 is 0 Å². The van der Waals surface area contributed by atoms with Crippen molar-refractivity contribution in [1.29, 1.82) is 0 Å². The van der Waals surface area contributed by atoms with Gasteiger partial charge < -0.3 is 5.11 Å². The fourth-order valence-electron chi connectivity index (χ4n) is 0.277. The van der Waals surface area contributed by atoms with Gasteiger partial charge in [-0.3, -0.25) is 4.99 Å². The predicted octanol–water partition coefficient (Wildman–Crippen LogP) is 2.51. The lowest BCUT2D eigenvalue weighted by Gasteiger charge is -1.88. The van der Waals surface area contributed by atoms with Gasteiger partial charge in [0.15, 0.2) is 3.77 Å². The number of halogens is 1. The van der Waals surface area contributed by atoms with Crippen LogP contribution in [0, 0.1) is 5.92 Å². The van der Waals surface area contributed by atoms with Crippen molar-refractivity contribution in [1.82, 2.24) is 0 Å². The molecule has 0 aliphatic heterocycles. The van der Waals surface area contributed by atoms with Gasteiger partial charge >= 0.3 is 0 Å². The maximum absolute atomic E-state index is 8.60. The molecule has 0 atom stereocenters. The Labute approximate surface area is 68.8 Å². The number of aliphatic hydroxyl groups is 1. The summed E-state index contributed by atoms with van der Waals surface area (Å²) in [4.78, 5) is 3.83. The normalized spacial score (nSPS) is 13.6. The molecule has 0 aliphatic carbocycles. The lowest BCUT2D eigenvalue weighted by Crippen LogP contribution is -1.84. The Hall–Kier alpha value is -0.0600. The van der Waals surface area contributed by atoms with Crippen molar-refractivity contribution in [3.8, 4) is 0 Å². The van der Waals surface area contributed by atoms with E-state index in [1.54, 1.807) is 28.8 Å². The predicted molar refractivity (Wildman–Crippen MR) is 48.1 cm³/mol. The molecular weight excluding hydrogens is 229 g/mol. The molecule has 0 bridgehead atoms. The summed E-state index contributed by atoms with van der Waals surface area (Å²) < 4.78 is 0.213. The number of rotatable bonds is 2.